The van der Waals surface area contributed by atoms with Gasteiger partial charge in [0.25, 0.3) is 0 Å². The normalized spacial score (nSPS) is 23.1. The van der Waals surface area contributed by atoms with E-state index in [9.17, 15) is 0 Å². The van der Waals surface area contributed by atoms with Crippen LogP contribution in [0.25, 0.3) is 0 Å². The van der Waals surface area contributed by atoms with Crippen LogP contribution in [0, 0.1) is 5.92 Å². The monoisotopic (exact) mass is 375 g/mol. The van der Waals surface area contributed by atoms with Crippen molar-refractivity contribution in [3.63, 3.8) is 0 Å². The van der Waals surface area contributed by atoms with Crippen molar-refractivity contribution in [1.29, 1.82) is 0 Å². The highest BCUT2D eigenvalue weighted by atomic mass is 79.9. The largest absolute Gasteiger partial charge is 0.495 e. The SMILES string of the molecule is CCC1CCC(Nc2cc(OC)c(Br)cc2Br)C1. The summed E-state index contributed by atoms with van der Waals surface area (Å²) in [5.74, 6) is 1.75. The minimum Gasteiger partial charge on any atom is -0.495 e. The zero-order chi connectivity index (χ0) is 13.1. The molecular formula is C14H19Br2NO. The summed E-state index contributed by atoms with van der Waals surface area (Å²) in [6.07, 6.45) is 5.19. The molecule has 0 aromatic heterocycles. The van der Waals surface area contributed by atoms with Crippen molar-refractivity contribution in [1.82, 2.24) is 0 Å². The molecule has 1 N–H and O–H groups in total. The first-order valence-corrected chi connectivity index (χ1v) is 8.02. The van der Waals surface area contributed by atoms with Crippen molar-refractivity contribution in [2.75, 3.05) is 12.4 Å². The fraction of sp³-hybridized carbons (Fsp3) is 0.571. The van der Waals surface area contributed by atoms with Crippen LogP contribution in [0.3, 0.4) is 0 Å². The van der Waals surface area contributed by atoms with Gasteiger partial charge in [-0.1, -0.05) is 13.3 Å². The molecular weight excluding hydrogens is 358 g/mol. The third-order valence-corrected chi connectivity index (χ3v) is 5.00. The highest BCUT2D eigenvalue weighted by Gasteiger charge is 2.23. The molecule has 0 amide bonds. The first-order chi connectivity index (χ1) is 8.63. The molecule has 0 aliphatic heterocycles. The van der Waals surface area contributed by atoms with Gasteiger partial charge in [-0.05, 0) is 63.1 Å². The smallest absolute Gasteiger partial charge is 0.135 e. The van der Waals surface area contributed by atoms with Crippen molar-refractivity contribution in [2.45, 2.75) is 38.6 Å². The van der Waals surface area contributed by atoms with Gasteiger partial charge in [-0.15, -0.1) is 0 Å². The molecule has 1 fully saturated rings. The number of rotatable bonds is 4. The lowest BCUT2D eigenvalue weighted by atomic mass is 10.1. The van der Waals surface area contributed by atoms with Gasteiger partial charge in [0.1, 0.15) is 5.75 Å². The second-order valence-corrected chi connectivity index (χ2v) is 6.60. The number of nitrogens with one attached hydrogen (secondary N) is 1. The Kier molecular flexibility index (Phi) is 4.96. The summed E-state index contributed by atoms with van der Waals surface area (Å²) >= 11 is 7.09. The minimum absolute atomic E-state index is 0.595. The van der Waals surface area contributed by atoms with Crippen LogP contribution in [0.2, 0.25) is 0 Å². The molecule has 0 radical (unpaired) electrons. The first-order valence-electron chi connectivity index (χ1n) is 6.43. The van der Waals surface area contributed by atoms with Crippen LogP contribution in [0.1, 0.15) is 32.6 Å². The van der Waals surface area contributed by atoms with Gasteiger partial charge in [0, 0.05) is 16.6 Å². The van der Waals surface area contributed by atoms with E-state index in [0.29, 0.717) is 6.04 Å². The maximum absolute atomic E-state index is 5.34. The molecule has 2 rings (SSSR count). The van der Waals surface area contributed by atoms with E-state index in [0.717, 1.165) is 26.3 Å². The Morgan fingerprint density at radius 1 is 1.28 bits per heavy atom. The Morgan fingerprint density at radius 2 is 2.06 bits per heavy atom. The number of halogens is 2. The van der Waals surface area contributed by atoms with Gasteiger partial charge in [0.05, 0.1) is 17.3 Å². The minimum atomic E-state index is 0.595. The molecule has 1 aromatic carbocycles. The van der Waals surface area contributed by atoms with Gasteiger partial charge in [-0.3, -0.25) is 0 Å². The van der Waals surface area contributed by atoms with Crippen LogP contribution < -0.4 is 10.1 Å². The molecule has 18 heavy (non-hydrogen) atoms. The van der Waals surface area contributed by atoms with E-state index in [1.807, 2.05) is 12.1 Å². The van der Waals surface area contributed by atoms with E-state index in [1.54, 1.807) is 7.11 Å². The first kappa shape index (κ1) is 14.2. The Morgan fingerprint density at radius 3 is 2.67 bits per heavy atom. The van der Waals surface area contributed by atoms with Crippen molar-refractivity contribution >= 4 is 37.5 Å². The summed E-state index contributed by atoms with van der Waals surface area (Å²) in [6.45, 7) is 2.28. The summed E-state index contributed by atoms with van der Waals surface area (Å²) in [6, 6.07) is 4.68. The van der Waals surface area contributed by atoms with Crippen molar-refractivity contribution in [3.05, 3.63) is 21.1 Å². The van der Waals surface area contributed by atoms with Crippen LogP contribution >= 0.6 is 31.9 Å². The lowest BCUT2D eigenvalue weighted by Gasteiger charge is -2.17. The molecule has 1 aliphatic rings. The molecule has 100 valence electrons. The van der Waals surface area contributed by atoms with Gasteiger partial charge in [0.2, 0.25) is 0 Å². The molecule has 1 aliphatic carbocycles. The van der Waals surface area contributed by atoms with Crippen LogP contribution in [0.5, 0.6) is 5.75 Å². The predicted octanol–water partition coefficient (Wildman–Crippen LogP) is 5.21. The highest BCUT2D eigenvalue weighted by Crippen LogP contribution is 2.37. The summed E-state index contributed by atoms with van der Waals surface area (Å²) in [7, 11) is 1.69. The quantitative estimate of drug-likeness (QED) is 0.778. The van der Waals surface area contributed by atoms with Gasteiger partial charge in [0.15, 0.2) is 0 Å². The summed E-state index contributed by atoms with van der Waals surface area (Å²) < 4.78 is 7.39. The third-order valence-electron chi connectivity index (χ3n) is 3.72. The van der Waals surface area contributed by atoms with Gasteiger partial charge < -0.3 is 10.1 Å². The maximum Gasteiger partial charge on any atom is 0.135 e. The summed E-state index contributed by atoms with van der Waals surface area (Å²) in [4.78, 5) is 0. The molecule has 0 heterocycles. The van der Waals surface area contributed by atoms with Crippen LogP contribution in [0.4, 0.5) is 5.69 Å². The van der Waals surface area contributed by atoms with Gasteiger partial charge in [-0.25, -0.2) is 0 Å². The average molecular weight is 377 g/mol. The fourth-order valence-corrected chi connectivity index (χ4v) is 3.86. The maximum atomic E-state index is 5.34. The number of hydrogen-bond donors (Lipinski definition) is 1. The van der Waals surface area contributed by atoms with E-state index in [4.69, 9.17) is 4.74 Å². The van der Waals surface area contributed by atoms with Crippen LogP contribution in [0.15, 0.2) is 21.1 Å². The number of hydrogen-bond acceptors (Lipinski definition) is 2. The van der Waals surface area contributed by atoms with E-state index < -0.39 is 0 Å². The molecule has 4 heteroatoms. The summed E-state index contributed by atoms with van der Waals surface area (Å²) in [5.41, 5.74) is 1.12. The lowest BCUT2D eigenvalue weighted by Crippen LogP contribution is -2.15. The highest BCUT2D eigenvalue weighted by molar-refractivity contribution is 9.11. The average Bonchev–Trinajstić information content (AvgIpc) is 2.80. The lowest BCUT2D eigenvalue weighted by molar-refractivity contribution is 0.412. The van der Waals surface area contributed by atoms with Gasteiger partial charge >= 0.3 is 0 Å². The Hall–Kier alpha value is -0.220. The molecule has 1 saturated carbocycles. The Bertz CT molecular complexity index is 423. The van der Waals surface area contributed by atoms with E-state index in [-0.39, 0.29) is 0 Å². The summed E-state index contributed by atoms with van der Waals surface area (Å²) in [5, 5.41) is 3.63. The molecule has 2 nitrogen and oxygen atoms in total. The van der Waals surface area contributed by atoms with Crippen molar-refractivity contribution < 1.29 is 4.74 Å². The van der Waals surface area contributed by atoms with Crippen molar-refractivity contribution in [2.24, 2.45) is 5.92 Å². The zero-order valence-electron chi connectivity index (χ0n) is 10.8. The van der Waals surface area contributed by atoms with E-state index in [2.05, 4.69) is 44.1 Å². The predicted molar refractivity (Wildman–Crippen MR) is 83.4 cm³/mol. The molecule has 2 unspecified atom stereocenters. The second-order valence-electron chi connectivity index (χ2n) is 4.90. The molecule has 1 aromatic rings. The number of methoxy groups -OCH3 is 1. The van der Waals surface area contributed by atoms with Crippen LogP contribution in [-0.2, 0) is 0 Å². The Labute approximate surface area is 126 Å². The second kappa shape index (κ2) is 6.29. The molecule has 0 bridgehead atoms. The van der Waals surface area contributed by atoms with Gasteiger partial charge in [-0.2, -0.15) is 0 Å². The molecule has 0 saturated heterocycles. The third kappa shape index (κ3) is 3.21. The Balaban J connectivity index is 2.09. The number of ether oxygens (including phenoxy) is 1. The number of anilines is 1. The number of benzene rings is 1. The standard InChI is InChI=1S/C14H19Br2NO/c1-3-9-4-5-10(6-9)17-13-8-14(18-2)12(16)7-11(13)15/h7-10,17H,3-6H2,1-2H3. The van der Waals surface area contributed by atoms with Crippen LogP contribution in [-0.4, -0.2) is 13.2 Å². The molecule has 2 atom stereocenters. The van der Waals surface area contributed by atoms with E-state index >= 15 is 0 Å². The fourth-order valence-electron chi connectivity index (χ4n) is 2.59. The molecule has 0 spiro atoms. The topological polar surface area (TPSA) is 21.3 Å². The zero-order valence-corrected chi connectivity index (χ0v) is 14.0. The van der Waals surface area contributed by atoms with E-state index in [1.165, 1.54) is 25.7 Å². The van der Waals surface area contributed by atoms with Crippen molar-refractivity contribution in [3.8, 4) is 5.75 Å².